The lowest BCUT2D eigenvalue weighted by Crippen LogP contribution is -2.02. The van der Waals surface area contributed by atoms with Crippen molar-refractivity contribution in [2.75, 3.05) is 0 Å². The van der Waals surface area contributed by atoms with Crippen LogP contribution in [0.2, 0.25) is 0 Å². The molecule has 48 valence electrons. The minimum Gasteiger partial charge on any atom is -0.377 e. The van der Waals surface area contributed by atoms with Gasteiger partial charge < -0.3 is 4.84 Å². The van der Waals surface area contributed by atoms with Gasteiger partial charge in [-0.15, -0.1) is 0 Å². The molecule has 0 bridgehead atoms. The molecule has 9 heavy (non-hydrogen) atoms. The monoisotopic (exact) mass is 124 g/mol. The van der Waals surface area contributed by atoms with Crippen molar-refractivity contribution in [3.8, 4) is 6.07 Å². The molecule has 0 spiro atoms. The van der Waals surface area contributed by atoms with Crippen LogP contribution in [0.15, 0.2) is 5.16 Å². The van der Waals surface area contributed by atoms with Crippen molar-refractivity contribution in [3.63, 3.8) is 0 Å². The molecule has 0 amide bonds. The lowest BCUT2D eigenvalue weighted by atomic mass is 10.1. The van der Waals surface area contributed by atoms with Crippen molar-refractivity contribution in [2.45, 2.75) is 25.9 Å². The Labute approximate surface area is 53.9 Å². The summed E-state index contributed by atoms with van der Waals surface area (Å²) in [5.41, 5.74) is 0.988. The maximum atomic E-state index is 8.33. The molecule has 0 aromatic carbocycles. The van der Waals surface area contributed by atoms with Crippen molar-refractivity contribution in [1.82, 2.24) is 0 Å². The molecule has 1 aliphatic heterocycles. The molecule has 1 rings (SSSR count). The minimum atomic E-state index is -0.319. The molecule has 0 N–H and O–H groups in total. The van der Waals surface area contributed by atoms with Crippen LogP contribution in [-0.2, 0) is 4.84 Å². The van der Waals surface area contributed by atoms with Crippen LogP contribution in [-0.4, -0.2) is 11.8 Å². The molecule has 0 aromatic rings. The first-order valence-corrected chi connectivity index (χ1v) is 2.98. The Balaban J connectivity index is 2.42. The lowest BCUT2D eigenvalue weighted by molar-refractivity contribution is 0.125. The Hall–Kier alpha value is -1.04. The van der Waals surface area contributed by atoms with E-state index in [9.17, 15) is 0 Å². The summed E-state index contributed by atoms with van der Waals surface area (Å²) in [5, 5.41) is 12.0. The first kappa shape index (κ1) is 6.09. The number of nitrogens with zero attached hydrogens (tertiary/aromatic N) is 2. The van der Waals surface area contributed by atoms with Crippen LogP contribution in [0.4, 0.5) is 0 Å². The number of hydrogen-bond acceptors (Lipinski definition) is 3. The summed E-state index contributed by atoms with van der Waals surface area (Å²) in [7, 11) is 0. The summed E-state index contributed by atoms with van der Waals surface area (Å²) in [6, 6.07) is 1.99. The zero-order valence-corrected chi connectivity index (χ0v) is 5.29. The van der Waals surface area contributed by atoms with E-state index >= 15 is 0 Å². The van der Waals surface area contributed by atoms with Crippen LogP contribution in [0.25, 0.3) is 0 Å². The average molecular weight is 124 g/mol. The standard InChI is InChI=1S/C6H8N2O/c1-2-5-3-6(4-7)9-8-5/h6H,2-3H2,1H3/t6-/m1/s1. The van der Waals surface area contributed by atoms with E-state index in [0.29, 0.717) is 6.42 Å². The van der Waals surface area contributed by atoms with Crippen LogP contribution in [0.1, 0.15) is 19.8 Å². The van der Waals surface area contributed by atoms with Gasteiger partial charge in [-0.1, -0.05) is 12.1 Å². The average Bonchev–Trinajstić information content (AvgIpc) is 2.34. The summed E-state index contributed by atoms with van der Waals surface area (Å²) in [4.78, 5) is 4.73. The molecule has 1 aliphatic rings. The van der Waals surface area contributed by atoms with Crippen molar-refractivity contribution in [1.29, 1.82) is 5.26 Å². The van der Waals surface area contributed by atoms with Gasteiger partial charge in [0.2, 0.25) is 6.10 Å². The molecule has 0 radical (unpaired) electrons. The maximum absolute atomic E-state index is 8.33. The Morgan fingerprint density at radius 1 is 2.00 bits per heavy atom. The number of hydrogen-bond donors (Lipinski definition) is 0. The SMILES string of the molecule is CCC1=NO[C@@H](C#N)C1. The molecule has 0 fully saturated rings. The lowest BCUT2D eigenvalue weighted by Gasteiger charge is -1.91. The Kier molecular flexibility index (Phi) is 1.69. The highest BCUT2D eigenvalue weighted by Gasteiger charge is 2.17. The fourth-order valence-corrected chi connectivity index (χ4v) is 0.705. The van der Waals surface area contributed by atoms with Crippen LogP contribution in [0, 0.1) is 11.3 Å². The van der Waals surface area contributed by atoms with Gasteiger partial charge in [-0.25, -0.2) is 0 Å². The highest BCUT2D eigenvalue weighted by Crippen LogP contribution is 2.10. The molecule has 0 aromatic heterocycles. The zero-order chi connectivity index (χ0) is 6.69. The van der Waals surface area contributed by atoms with Gasteiger partial charge in [0.25, 0.3) is 0 Å². The fraction of sp³-hybridized carbons (Fsp3) is 0.667. The first-order chi connectivity index (χ1) is 4.36. The van der Waals surface area contributed by atoms with E-state index in [1.54, 1.807) is 0 Å². The van der Waals surface area contributed by atoms with Crippen LogP contribution >= 0.6 is 0 Å². The second-order valence-electron chi connectivity index (χ2n) is 1.94. The second kappa shape index (κ2) is 2.49. The van der Waals surface area contributed by atoms with Gasteiger partial charge in [0.15, 0.2) is 0 Å². The Bertz CT molecular complexity index is 168. The third-order valence-electron chi connectivity index (χ3n) is 1.28. The van der Waals surface area contributed by atoms with Crippen LogP contribution in [0.5, 0.6) is 0 Å². The van der Waals surface area contributed by atoms with Crippen LogP contribution in [0.3, 0.4) is 0 Å². The van der Waals surface area contributed by atoms with Crippen molar-refractivity contribution < 1.29 is 4.84 Å². The zero-order valence-electron chi connectivity index (χ0n) is 5.29. The molecular weight excluding hydrogens is 116 g/mol. The van der Waals surface area contributed by atoms with Gasteiger partial charge in [-0.2, -0.15) is 5.26 Å². The third-order valence-corrected chi connectivity index (χ3v) is 1.28. The highest BCUT2D eigenvalue weighted by molar-refractivity contribution is 5.85. The number of rotatable bonds is 1. The molecule has 1 atom stereocenters. The second-order valence-corrected chi connectivity index (χ2v) is 1.94. The predicted molar refractivity (Wildman–Crippen MR) is 32.8 cm³/mol. The van der Waals surface area contributed by atoms with Crippen LogP contribution < -0.4 is 0 Å². The van der Waals surface area contributed by atoms with Gasteiger partial charge in [0, 0.05) is 6.42 Å². The number of nitriles is 1. The minimum absolute atomic E-state index is 0.319. The summed E-state index contributed by atoms with van der Waals surface area (Å²) in [5.74, 6) is 0. The molecule has 0 saturated heterocycles. The first-order valence-electron chi connectivity index (χ1n) is 2.98. The number of oxime groups is 1. The van der Waals surface area contributed by atoms with E-state index < -0.39 is 0 Å². The van der Waals surface area contributed by atoms with Crippen molar-refractivity contribution in [3.05, 3.63) is 0 Å². The molecule has 0 saturated carbocycles. The highest BCUT2D eigenvalue weighted by atomic mass is 16.6. The van der Waals surface area contributed by atoms with Gasteiger partial charge in [-0.3, -0.25) is 0 Å². The van der Waals surface area contributed by atoms with E-state index in [4.69, 9.17) is 10.1 Å². The maximum Gasteiger partial charge on any atom is 0.217 e. The molecule has 1 heterocycles. The molecule has 3 heteroatoms. The fourth-order valence-electron chi connectivity index (χ4n) is 0.705. The predicted octanol–water partition coefficient (Wildman–Crippen LogP) is 1.06. The molecule has 3 nitrogen and oxygen atoms in total. The molecule has 0 unspecified atom stereocenters. The summed E-state index contributed by atoms with van der Waals surface area (Å²) in [6.07, 6.45) is 1.26. The molecular formula is C6H8N2O. The van der Waals surface area contributed by atoms with Crippen molar-refractivity contribution in [2.24, 2.45) is 5.16 Å². The largest absolute Gasteiger partial charge is 0.377 e. The van der Waals surface area contributed by atoms with Gasteiger partial charge in [0.1, 0.15) is 6.07 Å². The van der Waals surface area contributed by atoms with E-state index in [1.807, 2.05) is 13.0 Å². The Morgan fingerprint density at radius 3 is 3.11 bits per heavy atom. The van der Waals surface area contributed by atoms with Gasteiger partial charge >= 0.3 is 0 Å². The van der Waals surface area contributed by atoms with Gasteiger partial charge in [0.05, 0.1) is 5.71 Å². The van der Waals surface area contributed by atoms with E-state index in [2.05, 4.69) is 5.16 Å². The van der Waals surface area contributed by atoms with Crippen molar-refractivity contribution >= 4 is 5.71 Å². The van der Waals surface area contributed by atoms with E-state index in [1.165, 1.54) is 0 Å². The Morgan fingerprint density at radius 2 is 2.78 bits per heavy atom. The summed E-state index contributed by atoms with van der Waals surface area (Å²) < 4.78 is 0. The van der Waals surface area contributed by atoms with E-state index in [0.717, 1.165) is 12.1 Å². The van der Waals surface area contributed by atoms with E-state index in [-0.39, 0.29) is 6.10 Å². The van der Waals surface area contributed by atoms with Gasteiger partial charge in [-0.05, 0) is 6.42 Å². The quantitative estimate of drug-likeness (QED) is 0.524. The smallest absolute Gasteiger partial charge is 0.217 e. The summed E-state index contributed by atoms with van der Waals surface area (Å²) >= 11 is 0. The third kappa shape index (κ3) is 1.20. The molecule has 0 aliphatic carbocycles. The normalized spacial score (nSPS) is 24.4. The topological polar surface area (TPSA) is 45.4 Å². The summed E-state index contributed by atoms with van der Waals surface area (Å²) in [6.45, 7) is 2.00.